The summed E-state index contributed by atoms with van der Waals surface area (Å²) in [7, 11) is -4.15. The van der Waals surface area contributed by atoms with Crippen molar-refractivity contribution in [1.29, 1.82) is 0 Å². The number of rotatable bonds is 5. The molecule has 0 bridgehead atoms. The zero-order valence-corrected chi connectivity index (χ0v) is 31.1. The van der Waals surface area contributed by atoms with Crippen LogP contribution in [-0.2, 0) is 30.3 Å². The maximum atomic E-state index is 16.6. The second-order valence-corrected chi connectivity index (χ2v) is 17.9. The van der Waals surface area contributed by atoms with Gasteiger partial charge >= 0.3 is 12.5 Å². The maximum absolute atomic E-state index is 16.6. The van der Waals surface area contributed by atoms with Crippen LogP contribution in [0, 0.1) is 12.8 Å². The SMILES string of the molecule is Cc1nc2ccc(OC(F)(F)F)cc2c2c1O[C@@]1(C[C@H]3C(=O)N[C@]4(C(=O)NS(=O)(=O)C5(C)CC5)C[C@H]4C=CCCCCC[C@H](NC(=O)O)C(=O)N3C1)CC2(F)F. The van der Waals surface area contributed by atoms with E-state index in [1.807, 2.05) is 0 Å². The van der Waals surface area contributed by atoms with Gasteiger partial charge in [-0.3, -0.25) is 19.1 Å². The van der Waals surface area contributed by atoms with Crippen LogP contribution in [0.15, 0.2) is 30.4 Å². The largest absolute Gasteiger partial charge is 0.573 e. The second kappa shape index (κ2) is 13.4. The molecule has 14 nitrogen and oxygen atoms in total. The number of allylic oxidation sites excluding steroid dienone is 1. The Hall–Kier alpha value is -4.75. The lowest BCUT2D eigenvalue weighted by molar-refractivity contribution is -0.274. The number of carbonyl (C=O) groups excluding carboxylic acids is 3. The van der Waals surface area contributed by atoms with Crippen LogP contribution in [-0.4, -0.2) is 88.1 Å². The molecule has 2 saturated carbocycles. The van der Waals surface area contributed by atoms with Crippen molar-refractivity contribution in [3.05, 3.63) is 41.6 Å². The number of nitrogens with zero attached hydrogens (tertiary/aromatic N) is 2. The number of pyridine rings is 1. The van der Waals surface area contributed by atoms with E-state index in [0.29, 0.717) is 38.5 Å². The first-order valence-electron chi connectivity index (χ1n) is 18.2. The fraction of sp³-hybridized carbons (Fsp3) is 0.583. The standard InChI is InChI=1S/C36H40F5N5O9S/c1-19-27-26(22-14-21(54-36(39,40)41)10-11-23(22)42-19)35(37,38)17-33(55-27)16-25-28(47)44-34(30(49)45-56(52,53)32(2)12-13-32)15-20(34)8-6-4-3-5-7-9-24(43-31(50)51)29(48)46(25)18-33/h6,8,10-11,14,20,24-25,43H,3-5,7,9,12-13,15-18H2,1-2H3,(H,44,47)(H,45,49)(H,50,51)/t20-,24+,25+,33+,34-/m1/s1. The summed E-state index contributed by atoms with van der Waals surface area (Å²) in [5.74, 6) is -8.62. The lowest BCUT2D eigenvalue weighted by Gasteiger charge is -2.40. The molecule has 1 aromatic carbocycles. The van der Waals surface area contributed by atoms with E-state index in [1.165, 1.54) is 13.8 Å². The monoisotopic (exact) mass is 813 g/mol. The van der Waals surface area contributed by atoms with Gasteiger partial charge in [-0.1, -0.05) is 25.0 Å². The summed E-state index contributed by atoms with van der Waals surface area (Å²) in [6.07, 6.45) is -2.12. The first kappa shape index (κ1) is 39.5. The number of halogens is 5. The number of fused-ring (bicyclic) bond motifs is 5. The van der Waals surface area contributed by atoms with Crippen molar-refractivity contribution < 1.29 is 64.1 Å². The summed E-state index contributed by atoms with van der Waals surface area (Å²) in [5.41, 5.74) is -4.68. The minimum atomic E-state index is -5.12. The lowest BCUT2D eigenvalue weighted by Crippen LogP contribution is -2.58. The minimum absolute atomic E-state index is 0.00222. The molecule has 7 rings (SSSR count). The van der Waals surface area contributed by atoms with Crippen molar-refractivity contribution in [2.24, 2.45) is 5.92 Å². The van der Waals surface area contributed by atoms with Crippen molar-refractivity contribution in [1.82, 2.24) is 25.2 Å². The molecule has 1 spiro atoms. The van der Waals surface area contributed by atoms with Gasteiger partial charge in [0.1, 0.15) is 29.0 Å². The fourth-order valence-electron chi connectivity index (χ4n) is 8.11. The van der Waals surface area contributed by atoms with Crippen molar-refractivity contribution in [3.8, 4) is 11.5 Å². The molecular formula is C36H40F5N5O9S. The highest BCUT2D eigenvalue weighted by atomic mass is 32.2. The first-order valence-corrected chi connectivity index (χ1v) is 19.7. The molecular weight excluding hydrogens is 773 g/mol. The van der Waals surface area contributed by atoms with Crippen molar-refractivity contribution >= 4 is 44.7 Å². The number of alkyl halides is 5. The summed E-state index contributed by atoms with van der Waals surface area (Å²) in [6, 6.07) is -0.213. The third-order valence-electron chi connectivity index (χ3n) is 11.5. The Kier molecular flexibility index (Phi) is 9.47. The molecule has 5 aliphatic rings. The normalized spacial score (nSPS) is 29.8. The molecule has 1 saturated heterocycles. The summed E-state index contributed by atoms with van der Waals surface area (Å²) >= 11 is 0. The van der Waals surface area contributed by atoms with Crippen molar-refractivity contribution in [2.45, 2.75) is 118 Å². The molecule has 304 valence electrons. The van der Waals surface area contributed by atoms with Gasteiger partial charge in [0.2, 0.25) is 21.8 Å². The molecule has 5 atom stereocenters. The van der Waals surface area contributed by atoms with Crippen molar-refractivity contribution in [3.63, 3.8) is 0 Å². The number of aryl methyl sites for hydroxylation is 1. The number of sulfonamides is 1. The average Bonchev–Trinajstić information content (AvgIpc) is 3.97. The van der Waals surface area contributed by atoms with Crippen LogP contribution in [0.5, 0.6) is 11.5 Å². The van der Waals surface area contributed by atoms with Gasteiger partial charge in [-0.05, 0) is 70.6 Å². The number of carboxylic acid groups (broad SMARTS) is 1. The molecule has 3 fully saturated rings. The molecule has 56 heavy (non-hydrogen) atoms. The van der Waals surface area contributed by atoms with Gasteiger partial charge in [0.25, 0.3) is 11.8 Å². The number of nitrogens with one attached hydrogen (secondary N) is 3. The molecule has 20 heteroatoms. The number of aromatic nitrogens is 1. The highest BCUT2D eigenvalue weighted by Gasteiger charge is 2.65. The number of ether oxygens (including phenoxy) is 2. The maximum Gasteiger partial charge on any atom is 0.573 e. The highest BCUT2D eigenvalue weighted by molar-refractivity contribution is 7.91. The predicted molar refractivity (Wildman–Crippen MR) is 186 cm³/mol. The van der Waals surface area contributed by atoms with Gasteiger partial charge in [0, 0.05) is 17.7 Å². The van der Waals surface area contributed by atoms with Gasteiger partial charge in [-0.2, -0.15) is 0 Å². The van der Waals surface area contributed by atoms with Crippen LogP contribution in [0.25, 0.3) is 10.9 Å². The molecule has 1 aromatic heterocycles. The van der Waals surface area contributed by atoms with Gasteiger partial charge in [0.05, 0.1) is 34.5 Å². The van der Waals surface area contributed by atoms with E-state index in [2.05, 4.69) is 25.1 Å². The number of benzene rings is 1. The molecule has 2 aliphatic carbocycles. The molecule has 2 aromatic rings. The van der Waals surface area contributed by atoms with Crippen LogP contribution < -0.4 is 24.8 Å². The van der Waals surface area contributed by atoms with Crippen LogP contribution in [0.1, 0.15) is 82.4 Å². The Labute approximate surface area is 317 Å². The van der Waals surface area contributed by atoms with Crippen molar-refractivity contribution in [2.75, 3.05) is 6.54 Å². The first-order chi connectivity index (χ1) is 26.1. The van der Waals surface area contributed by atoms with E-state index in [9.17, 15) is 45.9 Å². The Morgan fingerprint density at radius 1 is 1.12 bits per heavy atom. The van der Waals surface area contributed by atoms with E-state index in [1.54, 1.807) is 12.2 Å². The number of amides is 4. The molecule has 4 heterocycles. The zero-order chi connectivity index (χ0) is 40.6. The fourth-order valence-corrected chi connectivity index (χ4v) is 9.43. The molecule has 0 radical (unpaired) electrons. The average molecular weight is 814 g/mol. The molecule has 4 N–H and O–H groups in total. The number of hydrogen-bond acceptors (Lipinski definition) is 9. The Balaban J connectivity index is 1.27. The smallest absolute Gasteiger partial charge is 0.483 e. The Morgan fingerprint density at radius 3 is 2.54 bits per heavy atom. The quantitative estimate of drug-likeness (QED) is 0.243. The zero-order valence-electron chi connectivity index (χ0n) is 30.3. The van der Waals surface area contributed by atoms with E-state index in [4.69, 9.17) is 4.74 Å². The summed E-state index contributed by atoms with van der Waals surface area (Å²) in [5, 5.41) is 14.1. The van der Waals surface area contributed by atoms with Crippen LogP contribution in [0.2, 0.25) is 0 Å². The van der Waals surface area contributed by atoms with Gasteiger partial charge in [-0.25, -0.2) is 27.0 Å². The molecule has 3 aliphatic heterocycles. The van der Waals surface area contributed by atoms with Crippen LogP contribution in [0.4, 0.5) is 26.7 Å². The Morgan fingerprint density at radius 2 is 1.86 bits per heavy atom. The summed E-state index contributed by atoms with van der Waals surface area (Å²) in [6.45, 7) is 2.18. The summed E-state index contributed by atoms with van der Waals surface area (Å²) in [4.78, 5) is 59.5. The van der Waals surface area contributed by atoms with Crippen LogP contribution in [0.3, 0.4) is 0 Å². The van der Waals surface area contributed by atoms with E-state index in [0.717, 1.165) is 23.1 Å². The molecule has 4 amide bonds. The number of hydrogen-bond donors (Lipinski definition) is 4. The molecule has 0 unspecified atom stereocenters. The third-order valence-corrected chi connectivity index (χ3v) is 13.6. The second-order valence-electron chi connectivity index (χ2n) is 15.7. The van der Waals surface area contributed by atoms with Gasteiger partial charge in [0.15, 0.2) is 5.75 Å². The summed E-state index contributed by atoms with van der Waals surface area (Å²) < 4.78 is 110. The topological polar surface area (TPSA) is 193 Å². The number of carbonyl (C=O) groups is 4. The third kappa shape index (κ3) is 7.31. The minimum Gasteiger partial charge on any atom is -0.483 e. The van der Waals surface area contributed by atoms with Gasteiger partial charge in [-0.15, -0.1) is 13.2 Å². The van der Waals surface area contributed by atoms with Gasteiger partial charge < -0.3 is 30.1 Å². The predicted octanol–water partition coefficient (Wildman–Crippen LogP) is 4.69. The lowest BCUT2D eigenvalue weighted by atomic mass is 9.84. The highest BCUT2D eigenvalue weighted by Crippen LogP contribution is 2.55. The van der Waals surface area contributed by atoms with E-state index >= 15 is 8.78 Å². The van der Waals surface area contributed by atoms with E-state index < -0.39 is 116 Å². The van der Waals surface area contributed by atoms with E-state index in [-0.39, 0.29) is 29.4 Å². The Bertz CT molecular complexity index is 2150. The van der Waals surface area contributed by atoms with Crippen LogP contribution >= 0.6 is 0 Å².